The molecule has 0 fully saturated rings. The van der Waals surface area contributed by atoms with E-state index in [1.54, 1.807) is 0 Å². The first-order valence-electron chi connectivity index (χ1n) is 4.16. The zero-order chi connectivity index (χ0) is 9.84. The first-order valence-corrected chi connectivity index (χ1v) is 4.16. The van der Waals surface area contributed by atoms with Crippen molar-refractivity contribution in [1.29, 1.82) is 0 Å². The van der Waals surface area contributed by atoms with Gasteiger partial charge in [-0.15, -0.1) is 0 Å². The van der Waals surface area contributed by atoms with Crippen LogP contribution in [-0.2, 0) is 0 Å². The molecular formula is C9H14N4. The third-order valence-electron chi connectivity index (χ3n) is 1.73. The predicted octanol–water partition coefficient (Wildman–Crippen LogP) is 1.41. The molecule has 13 heavy (non-hydrogen) atoms. The molecule has 1 aromatic rings. The SMILES string of the molecule is CC(C)c1ccc(N=CN)c(N)n1. The van der Waals surface area contributed by atoms with E-state index in [0.717, 1.165) is 5.69 Å². The number of hydrogen-bond donors (Lipinski definition) is 2. The van der Waals surface area contributed by atoms with Gasteiger partial charge in [-0.05, 0) is 18.1 Å². The van der Waals surface area contributed by atoms with Crippen molar-refractivity contribution < 1.29 is 0 Å². The monoisotopic (exact) mass is 178 g/mol. The molecule has 0 amide bonds. The van der Waals surface area contributed by atoms with Gasteiger partial charge in [-0.25, -0.2) is 9.98 Å². The fourth-order valence-electron chi connectivity index (χ4n) is 0.994. The topological polar surface area (TPSA) is 77.3 Å². The van der Waals surface area contributed by atoms with E-state index in [2.05, 4.69) is 23.8 Å². The van der Waals surface area contributed by atoms with Gasteiger partial charge < -0.3 is 11.5 Å². The summed E-state index contributed by atoms with van der Waals surface area (Å²) in [6.07, 6.45) is 1.21. The smallest absolute Gasteiger partial charge is 0.149 e. The van der Waals surface area contributed by atoms with Crippen LogP contribution in [0.25, 0.3) is 0 Å². The molecule has 1 rings (SSSR count). The van der Waals surface area contributed by atoms with Crippen molar-refractivity contribution in [3.63, 3.8) is 0 Å². The zero-order valence-corrected chi connectivity index (χ0v) is 7.86. The molecule has 1 aromatic heterocycles. The Kier molecular flexibility index (Phi) is 2.84. The Balaban J connectivity index is 3.05. The van der Waals surface area contributed by atoms with Gasteiger partial charge in [-0.2, -0.15) is 0 Å². The van der Waals surface area contributed by atoms with E-state index in [-0.39, 0.29) is 0 Å². The second-order valence-electron chi connectivity index (χ2n) is 3.07. The van der Waals surface area contributed by atoms with Crippen molar-refractivity contribution in [2.24, 2.45) is 10.7 Å². The summed E-state index contributed by atoms with van der Waals surface area (Å²) in [4.78, 5) is 8.07. The van der Waals surface area contributed by atoms with E-state index in [9.17, 15) is 0 Å². The molecule has 70 valence electrons. The molecule has 4 heteroatoms. The van der Waals surface area contributed by atoms with Crippen molar-refractivity contribution in [1.82, 2.24) is 4.98 Å². The van der Waals surface area contributed by atoms with Crippen LogP contribution in [0.15, 0.2) is 17.1 Å². The molecule has 0 aliphatic rings. The van der Waals surface area contributed by atoms with Crippen LogP contribution in [0.4, 0.5) is 11.5 Å². The number of anilines is 1. The van der Waals surface area contributed by atoms with Gasteiger partial charge in [0.1, 0.15) is 11.5 Å². The van der Waals surface area contributed by atoms with E-state index >= 15 is 0 Å². The van der Waals surface area contributed by atoms with Crippen molar-refractivity contribution >= 4 is 17.8 Å². The number of nitrogens with zero attached hydrogens (tertiary/aromatic N) is 2. The maximum atomic E-state index is 5.66. The van der Waals surface area contributed by atoms with Crippen molar-refractivity contribution in [3.8, 4) is 0 Å². The van der Waals surface area contributed by atoms with Crippen molar-refractivity contribution in [2.75, 3.05) is 5.73 Å². The van der Waals surface area contributed by atoms with Crippen molar-refractivity contribution in [2.45, 2.75) is 19.8 Å². The average molecular weight is 178 g/mol. The summed E-state index contributed by atoms with van der Waals surface area (Å²) in [7, 11) is 0. The minimum Gasteiger partial charge on any atom is -0.390 e. The molecule has 0 aliphatic carbocycles. The summed E-state index contributed by atoms with van der Waals surface area (Å²) < 4.78 is 0. The molecule has 4 N–H and O–H groups in total. The maximum absolute atomic E-state index is 5.66. The van der Waals surface area contributed by atoms with Gasteiger partial charge in [-0.3, -0.25) is 0 Å². The summed E-state index contributed by atoms with van der Waals surface area (Å²) in [6.45, 7) is 4.13. The van der Waals surface area contributed by atoms with Gasteiger partial charge >= 0.3 is 0 Å². The second kappa shape index (κ2) is 3.89. The van der Waals surface area contributed by atoms with Crippen LogP contribution in [0.1, 0.15) is 25.5 Å². The number of nitrogens with two attached hydrogens (primary N) is 2. The number of pyridine rings is 1. The third kappa shape index (κ3) is 2.18. The highest BCUT2D eigenvalue weighted by molar-refractivity contribution is 5.66. The van der Waals surface area contributed by atoms with Gasteiger partial charge in [0.25, 0.3) is 0 Å². The summed E-state index contributed by atoms with van der Waals surface area (Å²) in [5.41, 5.74) is 12.4. The molecule has 0 spiro atoms. The average Bonchev–Trinajstić information content (AvgIpc) is 2.08. The summed E-state index contributed by atoms with van der Waals surface area (Å²) in [5, 5.41) is 0. The van der Waals surface area contributed by atoms with Crippen LogP contribution in [0.3, 0.4) is 0 Å². The number of nitrogen functional groups attached to an aromatic ring is 1. The Morgan fingerprint density at radius 2 is 2.15 bits per heavy atom. The fraction of sp³-hybridized carbons (Fsp3) is 0.333. The van der Waals surface area contributed by atoms with Crippen LogP contribution >= 0.6 is 0 Å². The molecule has 1 heterocycles. The quantitative estimate of drug-likeness (QED) is 0.531. The third-order valence-corrected chi connectivity index (χ3v) is 1.73. The second-order valence-corrected chi connectivity index (χ2v) is 3.07. The molecule has 0 saturated carbocycles. The molecule has 4 nitrogen and oxygen atoms in total. The first kappa shape index (κ1) is 9.51. The predicted molar refractivity (Wildman–Crippen MR) is 55.1 cm³/mol. The fourth-order valence-corrected chi connectivity index (χ4v) is 0.994. The molecular weight excluding hydrogens is 164 g/mol. The number of aromatic nitrogens is 1. The van der Waals surface area contributed by atoms with Crippen LogP contribution in [0.2, 0.25) is 0 Å². The standard InChI is InChI=1S/C9H14N4/c1-6(2)7-3-4-8(12-5-10)9(11)13-7/h3-6H,1-2H3,(H2,10,12)(H2,11,13). The molecule has 0 aliphatic heterocycles. The van der Waals surface area contributed by atoms with Crippen LogP contribution in [0, 0.1) is 0 Å². The van der Waals surface area contributed by atoms with Gasteiger partial charge in [-0.1, -0.05) is 13.8 Å². The largest absolute Gasteiger partial charge is 0.390 e. The Bertz CT molecular complexity index is 317. The highest BCUT2D eigenvalue weighted by Crippen LogP contribution is 2.22. The highest BCUT2D eigenvalue weighted by Gasteiger charge is 2.03. The molecule has 0 atom stereocenters. The van der Waals surface area contributed by atoms with Crippen molar-refractivity contribution in [3.05, 3.63) is 17.8 Å². The van der Waals surface area contributed by atoms with E-state index in [1.807, 2.05) is 12.1 Å². The minimum atomic E-state index is 0.373. The highest BCUT2D eigenvalue weighted by atomic mass is 14.9. The van der Waals surface area contributed by atoms with Gasteiger partial charge in [0.2, 0.25) is 0 Å². The summed E-state index contributed by atoms with van der Waals surface area (Å²) >= 11 is 0. The Hall–Kier alpha value is -1.58. The molecule has 0 radical (unpaired) electrons. The minimum absolute atomic E-state index is 0.373. The van der Waals surface area contributed by atoms with Crippen LogP contribution in [-0.4, -0.2) is 11.3 Å². The lowest BCUT2D eigenvalue weighted by Crippen LogP contribution is -1.98. The summed E-state index contributed by atoms with van der Waals surface area (Å²) in [6, 6.07) is 3.73. The molecule has 0 unspecified atom stereocenters. The van der Waals surface area contributed by atoms with Gasteiger partial charge in [0, 0.05) is 5.69 Å². The number of rotatable bonds is 2. The zero-order valence-electron chi connectivity index (χ0n) is 7.86. The maximum Gasteiger partial charge on any atom is 0.149 e. The number of hydrogen-bond acceptors (Lipinski definition) is 3. The molecule has 0 saturated heterocycles. The van der Waals surface area contributed by atoms with E-state index in [1.165, 1.54) is 6.34 Å². The van der Waals surface area contributed by atoms with E-state index in [4.69, 9.17) is 11.5 Å². The van der Waals surface area contributed by atoms with E-state index < -0.39 is 0 Å². The first-order chi connectivity index (χ1) is 6.15. The van der Waals surface area contributed by atoms with Crippen LogP contribution in [0.5, 0.6) is 0 Å². The normalized spacial score (nSPS) is 11.3. The lowest BCUT2D eigenvalue weighted by molar-refractivity contribution is 0.825. The Morgan fingerprint density at radius 3 is 2.62 bits per heavy atom. The van der Waals surface area contributed by atoms with Gasteiger partial charge in [0.05, 0.1) is 6.34 Å². The van der Waals surface area contributed by atoms with E-state index in [0.29, 0.717) is 17.4 Å². The lowest BCUT2D eigenvalue weighted by atomic mass is 10.1. The molecule has 0 aromatic carbocycles. The van der Waals surface area contributed by atoms with Gasteiger partial charge in [0.15, 0.2) is 0 Å². The Labute approximate surface area is 77.7 Å². The Morgan fingerprint density at radius 1 is 1.46 bits per heavy atom. The number of aliphatic imine (C=N–C) groups is 1. The summed E-state index contributed by atoms with van der Waals surface area (Å²) in [5.74, 6) is 0.797. The molecule has 0 bridgehead atoms. The van der Waals surface area contributed by atoms with Crippen LogP contribution < -0.4 is 11.5 Å². The lowest BCUT2D eigenvalue weighted by Gasteiger charge is -2.05.